The normalized spacial score (nSPS) is 15.9. The highest BCUT2D eigenvalue weighted by Gasteiger charge is 2.32. The second kappa shape index (κ2) is 7.38. The molecule has 9 heteroatoms. The van der Waals surface area contributed by atoms with E-state index in [0.29, 0.717) is 22.0 Å². The van der Waals surface area contributed by atoms with Crippen LogP contribution >= 0.6 is 24.0 Å². The maximum Gasteiger partial charge on any atom is 0.305 e. The number of halogens is 2. The van der Waals surface area contributed by atoms with Crippen LogP contribution in [-0.4, -0.2) is 32.7 Å². The molecule has 1 aromatic carbocycles. The van der Waals surface area contributed by atoms with Gasteiger partial charge < -0.3 is 9.52 Å². The average molecular weight is 395 g/mol. The quantitative estimate of drug-likeness (QED) is 0.612. The van der Waals surface area contributed by atoms with E-state index in [0.717, 1.165) is 23.9 Å². The van der Waals surface area contributed by atoms with Crippen LogP contribution in [0.1, 0.15) is 12.2 Å². The summed E-state index contributed by atoms with van der Waals surface area (Å²) in [4.78, 5) is 24.5. The number of hydrogen-bond donors (Lipinski definition) is 1. The maximum absolute atomic E-state index is 13.3. The van der Waals surface area contributed by atoms with Gasteiger partial charge >= 0.3 is 5.97 Å². The molecule has 134 valence electrons. The molecule has 0 aliphatic carbocycles. The van der Waals surface area contributed by atoms with Gasteiger partial charge in [0.25, 0.3) is 5.91 Å². The lowest BCUT2D eigenvalue weighted by Crippen LogP contribution is -2.30. The molecule has 3 rings (SSSR count). The predicted octanol–water partition coefficient (Wildman–Crippen LogP) is 3.90. The Morgan fingerprint density at radius 3 is 2.73 bits per heavy atom. The van der Waals surface area contributed by atoms with Gasteiger partial charge in [-0.25, -0.2) is 8.78 Å². The summed E-state index contributed by atoms with van der Waals surface area (Å²) in [5.41, 5.74) is 0.359. The number of nitrogens with zero attached hydrogens (tertiary/aromatic N) is 1. The molecule has 26 heavy (non-hydrogen) atoms. The number of carbonyl (C=O) groups excluding carboxylic acids is 1. The van der Waals surface area contributed by atoms with E-state index in [-0.39, 0.29) is 17.3 Å². The Labute approximate surface area is 156 Å². The molecule has 1 aromatic heterocycles. The van der Waals surface area contributed by atoms with Crippen molar-refractivity contribution in [2.24, 2.45) is 0 Å². The number of carboxylic acid groups (broad SMARTS) is 1. The molecule has 2 aromatic rings. The zero-order chi connectivity index (χ0) is 18.8. The minimum absolute atomic E-state index is 0.00436. The number of thioether (sulfide) groups is 1. The number of benzene rings is 1. The van der Waals surface area contributed by atoms with Crippen molar-refractivity contribution in [3.63, 3.8) is 0 Å². The molecule has 1 aliphatic rings. The van der Waals surface area contributed by atoms with Crippen molar-refractivity contribution >= 4 is 46.3 Å². The molecule has 0 spiro atoms. The van der Waals surface area contributed by atoms with E-state index in [1.807, 2.05) is 0 Å². The van der Waals surface area contributed by atoms with E-state index < -0.39 is 23.5 Å². The molecule has 1 fully saturated rings. The fraction of sp³-hybridized carbons (Fsp3) is 0.118. The van der Waals surface area contributed by atoms with Crippen molar-refractivity contribution in [1.29, 1.82) is 0 Å². The van der Waals surface area contributed by atoms with E-state index in [9.17, 15) is 18.4 Å². The standard InChI is InChI=1S/C17H11F2NO4S2/c18-11-3-1-9(7-12(11)19)13-4-2-10(24-13)8-14-16(23)20(17(25)26-14)6-5-15(21)22/h1-4,7-8H,5-6H2,(H,21,22)/b14-8+. The van der Waals surface area contributed by atoms with Crippen LogP contribution in [0.25, 0.3) is 17.4 Å². The molecule has 1 amide bonds. The van der Waals surface area contributed by atoms with Crippen molar-refractivity contribution in [1.82, 2.24) is 4.90 Å². The van der Waals surface area contributed by atoms with Gasteiger partial charge in [-0.1, -0.05) is 24.0 Å². The Morgan fingerprint density at radius 2 is 2.04 bits per heavy atom. The zero-order valence-corrected chi connectivity index (χ0v) is 14.7. The number of aliphatic carboxylic acids is 1. The Kier molecular flexibility index (Phi) is 5.19. The number of thiocarbonyl (C=S) groups is 1. The van der Waals surface area contributed by atoms with Crippen LogP contribution < -0.4 is 0 Å². The SMILES string of the molecule is O=C(O)CCN1C(=O)/C(=C\c2ccc(-c3ccc(F)c(F)c3)o2)SC1=S. The van der Waals surface area contributed by atoms with Crippen LogP contribution in [0.5, 0.6) is 0 Å². The monoisotopic (exact) mass is 395 g/mol. The van der Waals surface area contributed by atoms with E-state index >= 15 is 0 Å². The molecule has 0 bridgehead atoms. The molecule has 2 heterocycles. The van der Waals surface area contributed by atoms with Crippen molar-refractivity contribution in [3.05, 3.63) is 52.6 Å². The predicted molar refractivity (Wildman–Crippen MR) is 96.2 cm³/mol. The molecule has 0 atom stereocenters. The highest BCUT2D eigenvalue weighted by molar-refractivity contribution is 8.26. The molecule has 0 unspecified atom stereocenters. The first kappa shape index (κ1) is 18.3. The van der Waals surface area contributed by atoms with E-state index in [4.69, 9.17) is 21.7 Å². The first-order valence-corrected chi connectivity index (χ1v) is 8.60. The first-order chi connectivity index (χ1) is 12.3. The lowest BCUT2D eigenvalue weighted by Gasteiger charge is -2.12. The number of furan rings is 1. The van der Waals surface area contributed by atoms with Gasteiger partial charge in [0.1, 0.15) is 15.8 Å². The number of amides is 1. The second-order valence-corrected chi connectivity index (χ2v) is 6.98. The zero-order valence-electron chi connectivity index (χ0n) is 13.1. The number of carbonyl (C=O) groups is 2. The van der Waals surface area contributed by atoms with Crippen molar-refractivity contribution < 1.29 is 27.9 Å². The summed E-state index contributed by atoms with van der Waals surface area (Å²) in [6, 6.07) is 6.56. The molecule has 1 N–H and O–H groups in total. The van der Waals surface area contributed by atoms with Gasteiger partial charge in [0.15, 0.2) is 11.6 Å². The van der Waals surface area contributed by atoms with Crippen LogP contribution in [0, 0.1) is 11.6 Å². The number of rotatable bonds is 5. The average Bonchev–Trinajstić information content (AvgIpc) is 3.14. The smallest absolute Gasteiger partial charge is 0.305 e. The third kappa shape index (κ3) is 3.83. The third-order valence-corrected chi connectivity index (χ3v) is 4.90. The summed E-state index contributed by atoms with van der Waals surface area (Å²) in [7, 11) is 0. The topological polar surface area (TPSA) is 70.8 Å². The molecule has 0 saturated carbocycles. The maximum atomic E-state index is 13.3. The Bertz CT molecular complexity index is 939. The lowest BCUT2D eigenvalue weighted by molar-refractivity contribution is -0.137. The highest BCUT2D eigenvalue weighted by Crippen LogP contribution is 2.33. The summed E-state index contributed by atoms with van der Waals surface area (Å²) >= 11 is 6.14. The Balaban J connectivity index is 1.79. The van der Waals surface area contributed by atoms with E-state index in [2.05, 4.69) is 0 Å². The van der Waals surface area contributed by atoms with Gasteiger partial charge in [-0.05, 0) is 30.3 Å². The second-order valence-electron chi connectivity index (χ2n) is 5.31. The van der Waals surface area contributed by atoms with Crippen molar-refractivity contribution in [3.8, 4) is 11.3 Å². The number of carboxylic acids is 1. The van der Waals surface area contributed by atoms with Gasteiger partial charge in [0, 0.05) is 18.2 Å². The Hall–Kier alpha value is -2.52. The lowest BCUT2D eigenvalue weighted by atomic mass is 10.1. The van der Waals surface area contributed by atoms with E-state index in [1.54, 1.807) is 12.1 Å². The van der Waals surface area contributed by atoms with Crippen LogP contribution in [0.15, 0.2) is 39.7 Å². The third-order valence-electron chi connectivity index (χ3n) is 3.53. The first-order valence-electron chi connectivity index (χ1n) is 7.37. The Morgan fingerprint density at radius 1 is 1.27 bits per heavy atom. The molecular formula is C17H11F2NO4S2. The van der Waals surface area contributed by atoms with Crippen molar-refractivity contribution in [2.45, 2.75) is 6.42 Å². The van der Waals surface area contributed by atoms with Gasteiger partial charge in [-0.3, -0.25) is 14.5 Å². The molecule has 5 nitrogen and oxygen atoms in total. The highest BCUT2D eigenvalue weighted by atomic mass is 32.2. The summed E-state index contributed by atoms with van der Waals surface area (Å²) in [6.07, 6.45) is 1.27. The molecule has 1 saturated heterocycles. The molecule has 0 radical (unpaired) electrons. The van der Waals surface area contributed by atoms with E-state index in [1.165, 1.54) is 17.0 Å². The van der Waals surface area contributed by atoms with Gasteiger partial charge in [-0.15, -0.1) is 0 Å². The van der Waals surface area contributed by atoms with Gasteiger partial charge in [0.2, 0.25) is 0 Å². The summed E-state index contributed by atoms with van der Waals surface area (Å²) in [5.74, 6) is -2.71. The fourth-order valence-electron chi connectivity index (χ4n) is 2.26. The van der Waals surface area contributed by atoms with Crippen LogP contribution in [0.4, 0.5) is 8.78 Å². The van der Waals surface area contributed by atoms with Gasteiger partial charge in [-0.2, -0.15) is 0 Å². The minimum atomic E-state index is -1.02. The number of hydrogen-bond acceptors (Lipinski definition) is 5. The van der Waals surface area contributed by atoms with Gasteiger partial charge in [0.05, 0.1) is 11.3 Å². The molecular weight excluding hydrogens is 384 g/mol. The van der Waals surface area contributed by atoms with Crippen LogP contribution in [0.3, 0.4) is 0 Å². The summed E-state index contributed by atoms with van der Waals surface area (Å²) < 4.78 is 32.2. The summed E-state index contributed by atoms with van der Waals surface area (Å²) in [6.45, 7) is -0.00436. The fourth-order valence-corrected chi connectivity index (χ4v) is 3.55. The summed E-state index contributed by atoms with van der Waals surface area (Å²) in [5, 5.41) is 8.73. The van der Waals surface area contributed by atoms with Crippen molar-refractivity contribution in [2.75, 3.05) is 6.54 Å². The molecule has 1 aliphatic heterocycles. The minimum Gasteiger partial charge on any atom is -0.481 e. The van der Waals surface area contributed by atoms with Crippen LogP contribution in [0.2, 0.25) is 0 Å². The van der Waals surface area contributed by atoms with Crippen LogP contribution in [-0.2, 0) is 9.59 Å². The largest absolute Gasteiger partial charge is 0.481 e.